The first-order chi connectivity index (χ1) is 6.82. The van der Waals surface area contributed by atoms with Crippen LogP contribution in [0.3, 0.4) is 0 Å². The lowest BCUT2D eigenvalue weighted by Crippen LogP contribution is -2.45. The van der Waals surface area contributed by atoms with Gasteiger partial charge in [-0.1, -0.05) is 13.8 Å². The predicted molar refractivity (Wildman–Crippen MR) is 57.6 cm³/mol. The standard InChI is InChI=1S/C10H20N2O3/c1-7(2)8(6-12(3)4)11-9(13)5-10(14)15/h7-8H,5-6H2,1-4H3,(H,11,13)(H,14,15). The zero-order chi connectivity index (χ0) is 12.0. The molecule has 15 heavy (non-hydrogen) atoms. The van der Waals surface area contributed by atoms with Gasteiger partial charge < -0.3 is 15.3 Å². The highest BCUT2D eigenvalue weighted by atomic mass is 16.4. The van der Waals surface area contributed by atoms with E-state index in [1.807, 2.05) is 32.8 Å². The largest absolute Gasteiger partial charge is 0.481 e. The molecule has 0 aromatic rings. The summed E-state index contributed by atoms with van der Waals surface area (Å²) in [7, 11) is 3.83. The fourth-order valence-corrected chi connectivity index (χ4v) is 1.21. The minimum Gasteiger partial charge on any atom is -0.481 e. The van der Waals surface area contributed by atoms with Gasteiger partial charge in [-0.05, 0) is 20.0 Å². The van der Waals surface area contributed by atoms with Crippen molar-refractivity contribution in [2.75, 3.05) is 20.6 Å². The Bertz CT molecular complexity index is 227. The molecule has 2 N–H and O–H groups in total. The molecular weight excluding hydrogens is 196 g/mol. The smallest absolute Gasteiger partial charge is 0.312 e. The lowest BCUT2D eigenvalue weighted by molar-refractivity contribution is -0.141. The zero-order valence-electron chi connectivity index (χ0n) is 9.78. The average Bonchev–Trinajstić information content (AvgIpc) is 1.99. The van der Waals surface area contributed by atoms with Gasteiger partial charge in [-0.3, -0.25) is 9.59 Å². The summed E-state index contributed by atoms with van der Waals surface area (Å²) in [5.41, 5.74) is 0. The Morgan fingerprint density at radius 1 is 1.33 bits per heavy atom. The monoisotopic (exact) mass is 216 g/mol. The maximum Gasteiger partial charge on any atom is 0.312 e. The highest BCUT2D eigenvalue weighted by Crippen LogP contribution is 2.02. The number of carbonyl (C=O) groups excluding carboxylic acids is 1. The van der Waals surface area contributed by atoms with Gasteiger partial charge in [0.05, 0.1) is 0 Å². The first-order valence-corrected chi connectivity index (χ1v) is 4.98. The van der Waals surface area contributed by atoms with E-state index in [0.29, 0.717) is 6.54 Å². The Morgan fingerprint density at radius 3 is 2.20 bits per heavy atom. The van der Waals surface area contributed by atoms with E-state index in [0.717, 1.165) is 0 Å². The van der Waals surface area contributed by atoms with Crippen LogP contribution in [0.1, 0.15) is 20.3 Å². The number of likely N-dealkylation sites (N-methyl/N-ethyl adjacent to an activating group) is 1. The molecule has 0 aliphatic rings. The maximum atomic E-state index is 11.2. The predicted octanol–water partition coefficient (Wildman–Crippen LogP) is 0.164. The van der Waals surface area contributed by atoms with Crippen LogP contribution in [-0.2, 0) is 9.59 Å². The summed E-state index contributed by atoms with van der Waals surface area (Å²) in [6.45, 7) is 4.70. The van der Waals surface area contributed by atoms with Crippen molar-refractivity contribution in [1.82, 2.24) is 10.2 Å². The van der Waals surface area contributed by atoms with Crippen molar-refractivity contribution in [1.29, 1.82) is 0 Å². The fourth-order valence-electron chi connectivity index (χ4n) is 1.21. The average molecular weight is 216 g/mol. The number of rotatable bonds is 6. The van der Waals surface area contributed by atoms with Gasteiger partial charge in [0.25, 0.3) is 0 Å². The van der Waals surface area contributed by atoms with Gasteiger partial charge in [-0.15, -0.1) is 0 Å². The van der Waals surface area contributed by atoms with Crippen molar-refractivity contribution in [2.45, 2.75) is 26.3 Å². The van der Waals surface area contributed by atoms with Crippen LogP contribution in [0.2, 0.25) is 0 Å². The summed E-state index contributed by atoms with van der Waals surface area (Å²) in [5.74, 6) is -1.24. The first-order valence-electron chi connectivity index (χ1n) is 4.98. The number of carbonyl (C=O) groups is 2. The fraction of sp³-hybridized carbons (Fsp3) is 0.800. The van der Waals surface area contributed by atoms with Gasteiger partial charge >= 0.3 is 5.97 Å². The van der Waals surface area contributed by atoms with Gasteiger partial charge in [0.2, 0.25) is 5.91 Å². The molecule has 0 heterocycles. The topological polar surface area (TPSA) is 69.6 Å². The number of amides is 1. The highest BCUT2D eigenvalue weighted by molar-refractivity contribution is 5.93. The summed E-state index contributed by atoms with van der Waals surface area (Å²) in [6.07, 6.45) is -0.462. The van der Waals surface area contributed by atoms with Crippen LogP contribution < -0.4 is 5.32 Å². The molecule has 5 heteroatoms. The van der Waals surface area contributed by atoms with E-state index >= 15 is 0 Å². The normalized spacial score (nSPS) is 12.9. The second kappa shape index (κ2) is 6.40. The number of hydrogen-bond donors (Lipinski definition) is 2. The van der Waals surface area contributed by atoms with Crippen LogP contribution in [0.15, 0.2) is 0 Å². The molecule has 1 unspecified atom stereocenters. The van der Waals surface area contributed by atoms with Crippen LogP contribution in [-0.4, -0.2) is 48.6 Å². The molecule has 0 radical (unpaired) electrons. The van der Waals surface area contributed by atoms with Crippen molar-refractivity contribution in [3.05, 3.63) is 0 Å². The minimum absolute atomic E-state index is 0.00755. The number of carboxylic acids is 1. The van der Waals surface area contributed by atoms with Gasteiger partial charge in [-0.25, -0.2) is 0 Å². The van der Waals surface area contributed by atoms with Crippen LogP contribution in [0.25, 0.3) is 0 Å². The molecule has 0 bridgehead atoms. The summed E-state index contributed by atoms with van der Waals surface area (Å²) in [6, 6.07) is -0.00755. The van der Waals surface area contributed by atoms with Crippen molar-refractivity contribution in [3.8, 4) is 0 Å². The van der Waals surface area contributed by atoms with Gasteiger partial charge in [-0.2, -0.15) is 0 Å². The summed E-state index contributed by atoms with van der Waals surface area (Å²) < 4.78 is 0. The number of carboxylic acid groups (broad SMARTS) is 1. The Morgan fingerprint density at radius 2 is 1.87 bits per heavy atom. The Balaban J connectivity index is 4.16. The lowest BCUT2D eigenvalue weighted by atomic mass is 10.0. The van der Waals surface area contributed by atoms with E-state index in [4.69, 9.17) is 5.11 Å². The molecule has 1 atom stereocenters. The van der Waals surface area contributed by atoms with Gasteiger partial charge in [0, 0.05) is 12.6 Å². The van der Waals surface area contributed by atoms with Crippen LogP contribution in [0.5, 0.6) is 0 Å². The molecule has 0 saturated carbocycles. The van der Waals surface area contributed by atoms with Crippen LogP contribution in [0.4, 0.5) is 0 Å². The molecular formula is C10H20N2O3. The van der Waals surface area contributed by atoms with Crippen LogP contribution in [0, 0.1) is 5.92 Å². The molecule has 0 aliphatic heterocycles. The molecule has 0 rings (SSSR count). The van der Waals surface area contributed by atoms with Gasteiger partial charge in [0.15, 0.2) is 0 Å². The van der Waals surface area contributed by atoms with E-state index in [-0.39, 0.29) is 12.0 Å². The molecule has 0 fully saturated rings. The Kier molecular flexibility index (Phi) is 5.93. The SMILES string of the molecule is CC(C)C(CN(C)C)NC(=O)CC(=O)O. The van der Waals surface area contributed by atoms with E-state index in [1.165, 1.54) is 0 Å². The van der Waals surface area contributed by atoms with E-state index in [9.17, 15) is 9.59 Å². The van der Waals surface area contributed by atoms with E-state index < -0.39 is 18.3 Å². The molecule has 0 aromatic heterocycles. The number of hydrogen-bond acceptors (Lipinski definition) is 3. The molecule has 1 amide bonds. The first kappa shape index (κ1) is 13.9. The van der Waals surface area contributed by atoms with Crippen LogP contribution >= 0.6 is 0 Å². The molecule has 0 spiro atoms. The molecule has 88 valence electrons. The number of nitrogens with one attached hydrogen (secondary N) is 1. The number of aliphatic carboxylic acids is 1. The van der Waals surface area contributed by atoms with E-state index in [2.05, 4.69) is 5.32 Å². The van der Waals surface area contributed by atoms with E-state index in [1.54, 1.807) is 0 Å². The van der Waals surface area contributed by atoms with Crippen molar-refractivity contribution in [3.63, 3.8) is 0 Å². The number of nitrogens with zero attached hydrogens (tertiary/aromatic N) is 1. The minimum atomic E-state index is -1.10. The third kappa shape index (κ3) is 6.90. The molecule has 5 nitrogen and oxygen atoms in total. The Hall–Kier alpha value is -1.10. The molecule has 0 saturated heterocycles. The van der Waals surface area contributed by atoms with Crippen molar-refractivity contribution in [2.24, 2.45) is 5.92 Å². The Labute approximate surface area is 90.5 Å². The second-order valence-electron chi connectivity index (χ2n) is 4.25. The summed E-state index contributed by atoms with van der Waals surface area (Å²) >= 11 is 0. The molecule has 0 aliphatic carbocycles. The summed E-state index contributed by atoms with van der Waals surface area (Å²) in [5, 5.41) is 11.2. The third-order valence-corrected chi connectivity index (χ3v) is 2.02. The quantitative estimate of drug-likeness (QED) is 0.621. The lowest BCUT2D eigenvalue weighted by Gasteiger charge is -2.25. The zero-order valence-corrected chi connectivity index (χ0v) is 9.78. The summed E-state index contributed by atoms with van der Waals surface area (Å²) in [4.78, 5) is 23.5. The van der Waals surface area contributed by atoms with Crippen molar-refractivity contribution < 1.29 is 14.7 Å². The highest BCUT2D eigenvalue weighted by Gasteiger charge is 2.18. The second-order valence-corrected chi connectivity index (χ2v) is 4.25. The molecule has 0 aromatic carbocycles. The maximum absolute atomic E-state index is 11.2. The van der Waals surface area contributed by atoms with Crippen molar-refractivity contribution >= 4 is 11.9 Å². The van der Waals surface area contributed by atoms with Gasteiger partial charge in [0.1, 0.15) is 6.42 Å². The third-order valence-electron chi connectivity index (χ3n) is 2.02.